The number of carbonyl (C=O) groups excluding carboxylic acids is 1. The maximum atomic E-state index is 11.9. The lowest BCUT2D eigenvalue weighted by molar-refractivity contribution is -0.384. The number of nitro benzene ring substituents is 1. The fourth-order valence-electron chi connectivity index (χ4n) is 1.74. The van der Waals surface area contributed by atoms with Crippen LogP contribution in [-0.4, -0.2) is 22.8 Å². The average Bonchev–Trinajstić information content (AvgIpc) is 2.65. The predicted octanol–water partition coefficient (Wildman–Crippen LogP) is 6.10. The second-order valence-electron chi connectivity index (χ2n) is 4.83. The van der Waals surface area contributed by atoms with Crippen molar-refractivity contribution in [1.82, 2.24) is 5.43 Å². The predicted molar refractivity (Wildman–Crippen MR) is 111 cm³/mol. The summed E-state index contributed by atoms with van der Waals surface area (Å²) in [6.07, 6.45) is 1.35. The molecule has 0 bridgehead atoms. The van der Waals surface area contributed by atoms with E-state index in [4.69, 9.17) is 58.0 Å². The molecule has 0 heterocycles. The molecule has 27 heavy (non-hydrogen) atoms. The Balaban J connectivity index is 1.96. The summed E-state index contributed by atoms with van der Waals surface area (Å²) in [5.41, 5.74) is 2.86. The van der Waals surface area contributed by atoms with E-state index in [1.165, 1.54) is 30.5 Å². The summed E-state index contributed by atoms with van der Waals surface area (Å²) in [5, 5.41) is 14.7. The van der Waals surface area contributed by atoms with Gasteiger partial charge in [0.15, 0.2) is 0 Å². The molecular weight excluding hydrogens is 480 g/mol. The van der Waals surface area contributed by atoms with E-state index in [1.54, 1.807) is 0 Å². The van der Waals surface area contributed by atoms with Crippen molar-refractivity contribution in [3.8, 4) is 0 Å². The number of hydrazone groups is 1. The van der Waals surface area contributed by atoms with Crippen LogP contribution in [0.4, 0.5) is 5.69 Å². The lowest BCUT2D eigenvalue weighted by Crippen LogP contribution is -2.19. The zero-order chi connectivity index (χ0) is 20.1. The summed E-state index contributed by atoms with van der Waals surface area (Å²) in [6, 6.07) is 5.66. The molecule has 0 unspecified atom stereocenters. The first-order valence-electron chi connectivity index (χ1n) is 6.93. The molecule has 0 saturated carbocycles. The van der Waals surface area contributed by atoms with Crippen LogP contribution in [0.2, 0.25) is 25.1 Å². The molecule has 2 aromatic carbocycles. The Morgan fingerprint density at radius 1 is 1.04 bits per heavy atom. The number of nitrogens with one attached hydrogen (secondary N) is 1. The number of nitrogens with zero attached hydrogens (tertiary/aromatic N) is 2. The summed E-state index contributed by atoms with van der Waals surface area (Å²) in [7, 11) is 0. The molecule has 12 heteroatoms. The number of rotatable bonds is 6. The maximum Gasteiger partial charge on any atom is 0.269 e. The topological polar surface area (TPSA) is 84.6 Å². The highest BCUT2D eigenvalue weighted by atomic mass is 35.5. The second kappa shape index (κ2) is 9.82. The van der Waals surface area contributed by atoms with Crippen molar-refractivity contribution in [3.63, 3.8) is 0 Å². The van der Waals surface area contributed by atoms with Crippen LogP contribution in [0.15, 0.2) is 34.3 Å². The molecule has 1 amide bonds. The van der Waals surface area contributed by atoms with E-state index in [2.05, 4.69) is 10.5 Å². The Morgan fingerprint density at radius 3 is 2.07 bits per heavy atom. The number of halogens is 5. The van der Waals surface area contributed by atoms with Crippen molar-refractivity contribution in [1.29, 1.82) is 0 Å². The number of amides is 1. The minimum absolute atomic E-state index is 0.0369. The van der Waals surface area contributed by atoms with Crippen LogP contribution in [0.5, 0.6) is 0 Å². The Bertz CT molecular complexity index is 893. The molecule has 142 valence electrons. The van der Waals surface area contributed by atoms with Gasteiger partial charge in [-0.1, -0.05) is 58.0 Å². The number of hydrogen-bond donors (Lipinski definition) is 1. The molecule has 0 atom stereocenters. The molecule has 0 spiro atoms. The van der Waals surface area contributed by atoms with Gasteiger partial charge in [0.1, 0.15) is 0 Å². The summed E-state index contributed by atoms with van der Waals surface area (Å²) < 4.78 is 0. The molecule has 0 fully saturated rings. The number of thioether (sulfide) groups is 1. The van der Waals surface area contributed by atoms with Gasteiger partial charge in [0, 0.05) is 17.0 Å². The van der Waals surface area contributed by atoms with Gasteiger partial charge >= 0.3 is 0 Å². The van der Waals surface area contributed by atoms with Crippen molar-refractivity contribution in [3.05, 3.63) is 65.1 Å². The van der Waals surface area contributed by atoms with Gasteiger partial charge in [0.2, 0.25) is 5.91 Å². The zero-order valence-electron chi connectivity index (χ0n) is 13.0. The smallest absolute Gasteiger partial charge is 0.269 e. The van der Waals surface area contributed by atoms with Crippen molar-refractivity contribution in [2.24, 2.45) is 5.10 Å². The lowest BCUT2D eigenvalue weighted by atomic mass is 10.2. The monoisotopic (exact) mass is 485 g/mol. The first kappa shape index (κ1) is 22.1. The van der Waals surface area contributed by atoms with Crippen molar-refractivity contribution in [2.75, 3.05) is 5.75 Å². The minimum atomic E-state index is -0.508. The fourth-order valence-corrected chi connectivity index (χ4v) is 4.12. The van der Waals surface area contributed by atoms with Crippen LogP contribution in [-0.2, 0) is 4.79 Å². The number of nitro groups is 1. The molecule has 0 aliphatic heterocycles. The van der Waals surface area contributed by atoms with Crippen LogP contribution in [0.1, 0.15) is 5.56 Å². The summed E-state index contributed by atoms with van der Waals surface area (Å²) in [5.74, 6) is -0.502. The quantitative estimate of drug-likeness (QED) is 0.133. The van der Waals surface area contributed by atoms with Gasteiger partial charge in [-0.15, -0.1) is 11.8 Å². The zero-order valence-corrected chi connectivity index (χ0v) is 17.6. The van der Waals surface area contributed by atoms with Crippen LogP contribution in [0.25, 0.3) is 0 Å². The minimum Gasteiger partial charge on any atom is -0.272 e. The van der Waals surface area contributed by atoms with Crippen molar-refractivity contribution < 1.29 is 9.72 Å². The van der Waals surface area contributed by atoms with Crippen LogP contribution < -0.4 is 5.43 Å². The summed E-state index contributed by atoms with van der Waals surface area (Å²) in [6.45, 7) is 0. The largest absolute Gasteiger partial charge is 0.272 e. The average molecular weight is 488 g/mol. The fraction of sp³-hybridized carbons (Fsp3) is 0.0667. The van der Waals surface area contributed by atoms with E-state index in [-0.39, 0.29) is 36.6 Å². The van der Waals surface area contributed by atoms with Gasteiger partial charge in [0.05, 0.1) is 42.0 Å². The lowest BCUT2D eigenvalue weighted by Gasteiger charge is -2.11. The normalized spacial score (nSPS) is 11.0. The Hall–Kier alpha value is -1.22. The second-order valence-corrected chi connectivity index (χ2v) is 7.70. The molecule has 0 saturated heterocycles. The third-order valence-corrected chi connectivity index (χ3v) is 6.63. The molecule has 0 aliphatic carbocycles. The first-order valence-corrected chi connectivity index (χ1v) is 9.80. The number of benzene rings is 2. The molecule has 2 rings (SSSR count). The van der Waals surface area contributed by atoms with E-state index in [1.807, 2.05) is 0 Å². The van der Waals surface area contributed by atoms with Gasteiger partial charge < -0.3 is 0 Å². The molecule has 6 nitrogen and oxygen atoms in total. The Morgan fingerprint density at radius 2 is 1.56 bits per heavy atom. The maximum absolute atomic E-state index is 11.9. The number of non-ortho nitro benzene ring substituents is 1. The van der Waals surface area contributed by atoms with Gasteiger partial charge in [-0.2, -0.15) is 5.10 Å². The highest BCUT2D eigenvalue weighted by Gasteiger charge is 2.20. The third-order valence-electron chi connectivity index (χ3n) is 3.02. The molecule has 1 N–H and O–H groups in total. The van der Waals surface area contributed by atoms with E-state index in [9.17, 15) is 14.9 Å². The van der Waals surface area contributed by atoms with Crippen LogP contribution >= 0.6 is 69.8 Å². The Labute approximate surface area is 182 Å². The van der Waals surface area contributed by atoms with Gasteiger partial charge in [0.25, 0.3) is 5.69 Å². The molecule has 0 aliphatic rings. The van der Waals surface area contributed by atoms with E-state index in [0.29, 0.717) is 10.5 Å². The van der Waals surface area contributed by atoms with Crippen molar-refractivity contribution >= 4 is 87.6 Å². The van der Waals surface area contributed by atoms with E-state index < -0.39 is 10.8 Å². The molecular formula is C15H8Cl5N3O3S. The van der Waals surface area contributed by atoms with Crippen LogP contribution in [0.3, 0.4) is 0 Å². The standard InChI is InChI=1S/C15H8Cl5N3O3S/c16-10-11(17)13(19)15(14(20)12(10)18)27-6-9(24)22-21-5-7-1-3-8(4-2-7)23(25)26/h1-5H,6H2,(H,22,24)/b21-5-. The molecule has 0 radical (unpaired) electrons. The highest BCUT2D eigenvalue weighted by Crippen LogP contribution is 2.47. The molecule has 0 aromatic heterocycles. The third kappa shape index (κ3) is 5.63. The SMILES string of the molecule is O=C(CSc1c(Cl)c(Cl)c(Cl)c(Cl)c1Cl)N/N=C\c1ccc([N+](=O)[O-])cc1. The van der Waals surface area contributed by atoms with Gasteiger partial charge in [-0.05, 0) is 17.7 Å². The van der Waals surface area contributed by atoms with E-state index in [0.717, 1.165) is 11.8 Å². The first-order chi connectivity index (χ1) is 12.7. The van der Waals surface area contributed by atoms with E-state index >= 15 is 0 Å². The summed E-state index contributed by atoms with van der Waals surface area (Å²) >= 11 is 31.0. The highest BCUT2D eigenvalue weighted by molar-refractivity contribution is 8.00. The van der Waals surface area contributed by atoms with Crippen molar-refractivity contribution in [2.45, 2.75) is 4.90 Å². The van der Waals surface area contributed by atoms with Gasteiger partial charge in [-0.25, -0.2) is 5.43 Å². The van der Waals surface area contributed by atoms with Crippen LogP contribution in [0, 0.1) is 10.1 Å². The molecule has 2 aromatic rings. The number of carbonyl (C=O) groups is 1. The number of hydrogen-bond acceptors (Lipinski definition) is 5. The Kier molecular flexibility index (Phi) is 8.03. The van der Waals surface area contributed by atoms with Gasteiger partial charge in [-0.3, -0.25) is 14.9 Å². The summed E-state index contributed by atoms with van der Waals surface area (Å²) in [4.78, 5) is 22.3.